The highest BCUT2D eigenvalue weighted by atomic mass is 35.5. The lowest BCUT2D eigenvalue weighted by Crippen LogP contribution is -2.20. The topological polar surface area (TPSA) is 24.9 Å². The normalized spacial score (nSPS) is 12.4. The molecule has 0 saturated carbocycles. The molecule has 0 aliphatic carbocycles. The maximum atomic E-state index is 13.9. The van der Waals surface area contributed by atoms with E-state index in [9.17, 15) is 4.39 Å². The quantitative estimate of drug-likeness (QED) is 0.906. The Bertz CT molecular complexity index is 545. The van der Waals surface area contributed by atoms with Gasteiger partial charge in [-0.05, 0) is 36.7 Å². The molecule has 0 spiro atoms. The molecule has 1 heterocycles. The van der Waals surface area contributed by atoms with Gasteiger partial charge in [-0.3, -0.25) is 4.98 Å². The van der Waals surface area contributed by atoms with Gasteiger partial charge in [-0.25, -0.2) is 4.39 Å². The Morgan fingerprint density at radius 3 is 2.79 bits per heavy atom. The zero-order valence-corrected chi connectivity index (χ0v) is 11.5. The van der Waals surface area contributed by atoms with E-state index in [0.717, 1.165) is 5.56 Å². The summed E-state index contributed by atoms with van der Waals surface area (Å²) in [5, 5.41) is 3.73. The van der Waals surface area contributed by atoms with Crippen LogP contribution in [0.15, 0.2) is 42.7 Å². The molecule has 0 aliphatic heterocycles. The van der Waals surface area contributed by atoms with Crippen molar-refractivity contribution in [1.29, 1.82) is 0 Å². The van der Waals surface area contributed by atoms with Crippen molar-refractivity contribution in [1.82, 2.24) is 10.3 Å². The minimum Gasteiger partial charge on any atom is -0.319 e. The van der Waals surface area contributed by atoms with Crippen LogP contribution in [0.25, 0.3) is 0 Å². The summed E-state index contributed by atoms with van der Waals surface area (Å²) in [5.41, 5.74) is 1.70. The highest BCUT2D eigenvalue weighted by Crippen LogP contribution is 2.25. The van der Waals surface area contributed by atoms with E-state index in [1.165, 1.54) is 6.07 Å². The molecule has 2 rings (SSSR count). The molecular weight excluding hydrogens is 263 g/mol. The van der Waals surface area contributed by atoms with Crippen LogP contribution in [0.2, 0.25) is 5.02 Å². The average Bonchev–Trinajstić information content (AvgIpc) is 2.41. The van der Waals surface area contributed by atoms with Crippen molar-refractivity contribution in [2.24, 2.45) is 0 Å². The molecule has 19 heavy (non-hydrogen) atoms. The molecule has 0 fully saturated rings. The number of aromatic nitrogens is 1. The van der Waals surface area contributed by atoms with Gasteiger partial charge >= 0.3 is 0 Å². The van der Waals surface area contributed by atoms with Crippen LogP contribution in [-0.2, 0) is 6.42 Å². The predicted molar refractivity (Wildman–Crippen MR) is 76.0 cm³/mol. The highest BCUT2D eigenvalue weighted by molar-refractivity contribution is 6.31. The van der Waals surface area contributed by atoms with Gasteiger partial charge in [0.1, 0.15) is 5.82 Å². The van der Waals surface area contributed by atoms with Crippen LogP contribution in [0, 0.1) is 5.82 Å². The largest absolute Gasteiger partial charge is 0.319 e. The van der Waals surface area contributed by atoms with Crippen LogP contribution in [-0.4, -0.2) is 18.6 Å². The smallest absolute Gasteiger partial charge is 0.126 e. The number of nitrogens with zero attached hydrogens (tertiary/aromatic N) is 1. The summed E-state index contributed by atoms with van der Waals surface area (Å²) >= 11 is 6.12. The zero-order chi connectivity index (χ0) is 13.7. The van der Waals surface area contributed by atoms with Crippen molar-refractivity contribution in [3.8, 4) is 0 Å². The Balaban J connectivity index is 2.27. The van der Waals surface area contributed by atoms with Crippen molar-refractivity contribution in [3.63, 3.8) is 0 Å². The zero-order valence-electron chi connectivity index (χ0n) is 10.7. The van der Waals surface area contributed by atoms with Crippen LogP contribution < -0.4 is 5.32 Å². The summed E-state index contributed by atoms with van der Waals surface area (Å²) in [5.74, 6) is -0.126. The van der Waals surface area contributed by atoms with E-state index in [4.69, 9.17) is 11.6 Å². The molecule has 0 radical (unpaired) electrons. The summed E-state index contributed by atoms with van der Waals surface area (Å²) < 4.78 is 13.9. The van der Waals surface area contributed by atoms with E-state index in [2.05, 4.69) is 10.3 Å². The van der Waals surface area contributed by atoms with Gasteiger partial charge in [-0.15, -0.1) is 0 Å². The Morgan fingerprint density at radius 2 is 2.11 bits per heavy atom. The van der Waals surface area contributed by atoms with Crippen molar-refractivity contribution in [2.75, 3.05) is 13.6 Å². The number of nitrogens with one attached hydrogen (secondary N) is 1. The number of halogens is 2. The number of pyridine rings is 1. The lowest BCUT2D eigenvalue weighted by molar-refractivity contribution is 0.556. The monoisotopic (exact) mass is 278 g/mol. The Hall–Kier alpha value is -1.45. The van der Waals surface area contributed by atoms with Gasteiger partial charge < -0.3 is 5.32 Å². The van der Waals surface area contributed by atoms with Crippen LogP contribution in [0.4, 0.5) is 4.39 Å². The summed E-state index contributed by atoms with van der Waals surface area (Å²) in [6.07, 6.45) is 4.01. The second-order valence-electron chi connectivity index (χ2n) is 4.45. The fourth-order valence-corrected chi connectivity index (χ4v) is 2.38. The Labute approximate surface area is 117 Å². The molecule has 0 bridgehead atoms. The van der Waals surface area contributed by atoms with E-state index in [1.54, 1.807) is 18.5 Å². The number of hydrogen-bond acceptors (Lipinski definition) is 2. The summed E-state index contributed by atoms with van der Waals surface area (Å²) in [7, 11) is 1.86. The van der Waals surface area contributed by atoms with Crippen molar-refractivity contribution in [2.45, 2.75) is 12.3 Å². The molecule has 2 aromatic rings. The first-order valence-corrected chi connectivity index (χ1v) is 6.57. The molecule has 2 nitrogen and oxygen atoms in total. The number of benzene rings is 1. The number of likely N-dealkylation sites (N-methyl/N-ethyl adjacent to an activating group) is 1. The summed E-state index contributed by atoms with van der Waals surface area (Å²) in [6, 6.07) is 8.76. The second kappa shape index (κ2) is 6.64. The molecule has 0 amide bonds. The Kier molecular flexibility index (Phi) is 4.88. The highest BCUT2D eigenvalue weighted by Gasteiger charge is 2.16. The molecule has 1 atom stereocenters. The van der Waals surface area contributed by atoms with Crippen LogP contribution in [0.3, 0.4) is 0 Å². The molecule has 0 aliphatic rings. The number of rotatable bonds is 5. The third-order valence-electron chi connectivity index (χ3n) is 3.12. The molecule has 1 aromatic heterocycles. The first-order chi connectivity index (χ1) is 9.22. The van der Waals surface area contributed by atoms with Crippen molar-refractivity contribution in [3.05, 3.63) is 64.7 Å². The maximum absolute atomic E-state index is 13.9. The average molecular weight is 279 g/mol. The van der Waals surface area contributed by atoms with Crippen molar-refractivity contribution < 1.29 is 4.39 Å². The minimum absolute atomic E-state index is 0.0473. The molecule has 0 saturated heterocycles. The maximum Gasteiger partial charge on any atom is 0.126 e. The third kappa shape index (κ3) is 3.52. The molecule has 4 heteroatoms. The van der Waals surface area contributed by atoms with Crippen LogP contribution in [0.1, 0.15) is 17.0 Å². The standard InChI is InChI=1S/C15H16ClFN2/c1-18-9-12(13-4-2-3-5-15(13)17)8-11-6-7-19-10-14(11)16/h2-7,10,12,18H,8-9H2,1H3. The van der Waals surface area contributed by atoms with Gasteiger partial charge in [0.25, 0.3) is 0 Å². The van der Waals surface area contributed by atoms with Gasteiger partial charge in [-0.2, -0.15) is 0 Å². The lowest BCUT2D eigenvalue weighted by atomic mass is 9.92. The van der Waals surface area contributed by atoms with Crippen molar-refractivity contribution >= 4 is 11.6 Å². The summed E-state index contributed by atoms with van der Waals surface area (Å²) in [4.78, 5) is 3.97. The minimum atomic E-state index is -0.173. The van der Waals surface area contributed by atoms with E-state index in [1.807, 2.05) is 25.2 Å². The fraction of sp³-hybridized carbons (Fsp3) is 0.267. The van der Waals surface area contributed by atoms with Gasteiger partial charge in [0, 0.05) is 24.9 Å². The Morgan fingerprint density at radius 1 is 1.32 bits per heavy atom. The van der Waals surface area contributed by atoms with E-state index >= 15 is 0 Å². The van der Waals surface area contributed by atoms with Gasteiger partial charge in [0.05, 0.1) is 5.02 Å². The van der Waals surface area contributed by atoms with Crippen LogP contribution in [0.5, 0.6) is 0 Å². The fourth-order valence-electron chi connectivity index (χ4n) is 2.18. The molecule has 1 N–H and O–H groups in total. The first kappa shape index (κ1) is 14.0. The van der Waals surface area contributed by atoms with Gasteiger partial charge in [0.2, 0.25) is 0 Å². The third-order valence-corrected chi connectivity index (χ3v) is 3.46. The van der Waals surface area contributed by atoms with E-state index < -0.39 is 0 Å². The molecular formula is C15H16ClFN2. The van der Waals surface area contributed by atoms with E-state index in [0.29, 0.717) is 23.6 Å². The second-order valence-corrected chi connectivity index (χ2v) is 4.85. The number of hydrogen-bond donors (Lipinski definition) is 1. The molecule has 1 aromatic carbocycles. The van der Waals surface area contributed by atoms with Gasteiger partial charge in [0.15, 0.2) is 0 Å². The predicted octanol–water partition coefficient (Wildman–Crippen LogP) is 3.42. The molecule has 1 unspecified atom stereocenters. The molecule has 100 valence electrons. The summed E-state index contributed by atoms with van der Waals surface area (Å²) in [6.45, 7) is 0.694. The lowest BCUT2D eigenvalue weighted by Gasteiger charge is -2.18. The SMILES string of the molecule is CNCC(Cc1ccncc1Cl)c1ccccc1F. The van der Waals surface area contributed by atoms with E-state index in [-0.39, 0.29) is 11.7 Å². The van der Waals surface area contributed by atoms with Crippen LogP contribution >= 0.6 is 11.6 Å². The van der Waals surface area contributed by atoms with Gasteiger partial charge in [-0.1, -0.05) is 29.8 Å². The first-order valence-electron chi connectivity index (χ1n) is 6.19.